The molecule has 0 aliphatic carbocycles. The molecule has 5 heteroatoms. The van der Waals surface area contributed by atoms with Crippen LogP contribution in [0.4, 0.5) is 0 Å². The molecule has 0 fully saturated rings. The molecule has 17 heavy (non-hydrogen) atoms. The zero-order chi connectivity index (χ0) is 12.1. The van der Waals surface area contributed by atoms with E-state index in [9.17, 15) is 4.79 Å². The van der Waals surface area contributed by atoms with Crippen LogP contribution in [0.1, 0.15) is 5.69 Å². The SMILES string of the molecule is C=CC(=O)OCc1cn(-c2ccccc2)nn1. The van der Waals surface area contributed by atoms with Gasteiger partial charge in [-0.1, -0.05) is 30.0 Å². The Morgan fingerprint density at radius 1 is 1.41 bits per heavy atom. The Hall–Kier alpha value is -2.43. The number of hydrogen-bond acceptors (Lipinski definition) is 4. The molecule has 0 bridgehead atoms. The minimum atomic E-state index is -0.473. The molecule has 1 aromatic heterocycles. The molecule has 2 rings (SSSR count). The number of para-hydroxylation sites is 1. The summed E-state index contributed by atoms with van der Waals surface area (Å²) >= 11 is 0. The van der Waals surface area contributed by atoms with Crippen LogP contribution in [0, 0.1) is 0 Å². The molecule has 0 spiro atoms. The summed E-state index contributed by atoms with van der Waals surface area (Å²) in [6, 6.07) is 9.57. The Labute approximate surface area is 98.3 Å². The summed E-state index contributed by atoms with van der Waals surface area (Å²) in [6.07, 6.45) is 2.83. The molecule has 2 aromatic rings. The van der Waals surface area contributed by atoms with Gasteiger partial charge in [0.1, 0.15) is 12.3 Å². The lowest BCUT2D eigenvalue weighted by Crippen LogP contribution is -2.00. The molecule has 1 aromatic carbocycles. The number of carbonyl (C=O) groups excluding carboxylic acids is 1. The fourth-order valence-electron chi connectivity index (χ4n) is 1.28. The number of benzene rings is 1. The fraction of sp³-hybridized carbons (Fsp3) is 0.0833. The third kappa shape index (κ3) is 2.78. The van der Waals surface area contributed by atoms with Gasteiger partial charge in [-0.05, 0) is 12.1 Å². The molecule has 0 N–H and O–H groups in total. The maximum absolute atomic E-state index is 10.9. The number of hydrogen-bond donors (Lipinski definition) is 0. The second kappa shape index (κ2) is 5.07. The van der Waals surface area contributed by atoms with Crippen LogP contribution in [-0.2, 0) is 16.1 Å². The van der Waals surface area contributed by atoms with Crippen LogP contribution in [-0.4, -0.2) is 21.0 Å². The largest absolute Gasteiger partial charge is 0.456 e. The van der Waals surface area contributed by atoms with Crippen LogP contribution in [0.15, 0.2) is 49.2 Å². The molecule has 0 aliphatic rings. The predicted molar refractivity (Wildman–Crippen MR) is 61.4 cm³/mol. The van der Waals surface area contributed by atoms with Gasteiger partial charge in [-0.2, -0.15) is 0 Å². The van der Waals surface area contributed by atoms with Gasteiger partial charge in [0.05, 0.1) is 11.9 Å². The molecule has 1 heterocycles. The van der Waals surface area contributed by atoms with Crippen LogP contribution in [0.3, 0.4) is 0 Å². The molecule has 0 atom stereocenters. The van der Waals surface area contributed by atoms with E-state index in [-0.39, 0.29) is 6.61 Å². The third-order valence-electron chi connectivity index (χ3n) is 2.09. The zero-order valence-corrected chi connectivity index (χ0v) is 9.11. The van der Waals surface area contributed by atoms with Gasteiger partial charge in [-0.3, -0.25) is 0 Å². The van der Waals surface area contributed by atoms with Crippen LogP contribution in [0.5, 0.6) is 0 Å². The molecular weight excluding hydrogens is 218 g/mol. The molecule has 0 unspecified atom stereocenters. The summed E-state index contributed by atoms with van der Waals surface area (Å²) in [5, 5.41) is 7.84. The van der Waals surface area contributed by atoms with Gasteiger partial charge in [0, 0.05) is 6.08 Å². The van der Waals surface area contributed by atoms with Crippen molar-refractivity contribution in [3.05, 3.63) is 54.9 Å². The second-order valence-electron chi connectivity index (χ2n) is 3.30. The van der Waals surface area contributed by atoms with E-state index >= 15 is 0 Å². The van der Waals surface area contributed by atoms with Crippen molar-refractivity contribution in [2.24, 2.45) is 0 Å². The first kappa shape index (κ1) is 11.1. The summed E-state index contributed by atoms with van der Waals surface area (Å²) in [6.45, 7) is 3.40. The topological polar surface area (TPSA) is 57.0 Å². The molecular formula is C12H11N3O2. The monoisotopic (exact) mass is 229 g/mol. The van der Waals surface area contributed by atoms with Crippen LogP contribution in [0.2, 0.25) is 0 Å². The quantitative estimate of drug-likeness (QED) is 0.589. The third-order valence-corrected chi connectivity index (χ3v) is 2.09. The summed E-state index contributed by atoms with van der Waals surface area (Å²) in [5.74, 6) is -0.473. The lowest BCUT2D eigenvalue weighted by atomic mass is 10.3. The lowest BCUT2D eigenvalue weighted by molar-refractivity contribution is -0.139. The van der Waals surface area contributed by atoms with E-state index in [1.54, 1.807) is 10.9 Å². The Kier molecular flexibility index (Phi) is 3.30. The summed E-state index contributed by atoms with van der Waals surface area (Å²) in [7, 11) is 0. The van der Waals surface area contributed by atoms with Crippen molar-refractivity contribution < 1.29 is 9.53 Å². The molecule has 0 saturated carbocycles. The van der Waals surface area contributed by atoms with E-state index in [1.807, 2.05) is 30.3 Å². The first-order valence-electron chi connectivity index (χ1n) is 5.05. The highest BCUT2D eigenvalue weighted by Crippen LogP contribution is 2.06. The van der Waals surface area contributed by atoms with Crippen LogP contribution >= 0.6 is 0 Å². The predicted octanol–water partition coefficient (Wildman–Crippen LogP) is 1.50. The molecule has 5 nitrogen and oxygen atoms in total. The number of ether oxygens (including phenoxy) is 1. The van der Waals surface area contributed by atoms with E-state index in [1.165, 1.54) is 0 Å². The summed E-state index contributed by atoms with van der Waals surface area (Å²) < 4.78 is 6.48. The Morgan fingerprint density at radius 3 is 2.88 bits per heavy atom. The van der Waals surface area contributed by atoms with Gasteiger partial charge in [0.15, 0.2) is 0 Å². The highest BCUT2D eigenvalue weighted by atomic mass is 16.5. The van der Waals surface area contributed by atoms with Crippen LogP contribution in [0.25, 0.3) is 5.69 Å². The Balaban J connectivity index is 2.06. The van der Waals surface area contributed by atoms with Crippen molar-refractivity contribution in [2.75, 3.05) is 0 Å². The van der Waals surface area contributed by atoms with E-state index in [0.717, 1.165) is 11.8 Å². The minimum Gasteiger partial charge on any atom is -0.456 e. The molecule has 0 amide bonds. The number of aromatic nitrogens is 3. The van der Waals surface area contributed by atoms with Gasteiger partial charge in [-0.15, -0.1) is 5.10 Å². The Bertz CT molecular complexity index is 520. The average molecular weight is 229 g/mol. The first-order chi connectivity index (χ1) is 8.29. The van der Waals surface area contributed by atoms with E-state index < -0.39 is 5.97 Å². The van der Waals surface area contributed by atoms with Crippen molar-refractivity contribution in [1.82, 2.24) is 15.0 Å². The van der Waals surface area contributed by atoms with Gasteiger partial charge in [-0.25, -0.2) is 9.48 Å². The van der Waals surface area contributed by atoms with Crippen molar-refractivity contribution >= 4 is 5.97 Å². The van der Waals surface area contributed by atoms with Gasteiger partial charge in [0.25, 0.3) is 0 Å². The van der Waals surface area contributed by atoms with E-state index in [0.29, 0.717) is 5.69 Å². The Morgan fingerprint density at radius 2 is 2.18 bits per heavy atom. The minimum absolute atomic E-state index is 0.0949. The smallest absolute Gasteiger partial charge is 0.330 e. The van der Waals surface area contributed by atoms with Crippen LogP contribution < -0.4 is 0 Å². The number of carbonyl (C=O) groups is 1. The van der Waals surface area contributed by atoms with E-state index in [4.69, 9.17) is 4.74 Å². The number of rotatable bonds is 4. The van der Waals surface area contributed by atoms with Crippen molar-refractivity contribution in [1.29, 1.82) is 0 Å². The van der Waals surface area contributed by atoms with Crippen molar-refractivity contribution in [3.8, 4) is 5.69 Å². The van der Waals surface area contributed by atoms with E-state index in [2.05, 4.69) is 16.9 Å². The van der Waals surface area contributed by atoms with Gasteiger partial charge >= 0.3 is 5.97 Å². The second-order valence-corrected chi connectivity index (χ2v) is 3.30. The lowest BCUT2D eigenvalue weighted by Gasteiger charge is -1.98. The summed E-state index contributed by atoms with van der Waals surface area (Å²) in [5.41, 5.74) is 1.49. The first-order valence-corrected chi connectivity index (χ1v) is 5.05. The molecule has 0 radical (unpaired) electrons. The highest BCUT2D eigenvalue weighted by molar-refractivity contribution is 5.81. The zero-order valence-electron chi connectivity index (χ0n) is 9.11. The number of esters is 1. The standard InChI is InChI=1S/C12H11N3O2/c1-2-12(16)17-9-10-8-15(14-13-10)11-6-4-3-5-7-11/h2-8H,1,9H2. The van der Waals surface area contributed by atoms with Gasteiger partial charge in [0.2, 0.25) is 0 Å². The average Bonchev–Trinajstić information content (AvgIpc) is 2.86. The molecule has 0 aliphatic heterocycles. The highest BCUT2D eigenvalue weighted by Gasteiger charge is 2.04. The maximum atomic E-state index is 10.9. The van der Waals surface area contributed by atoms with Gasteiger partial charge < -0.3 is 4.74 Å². The normalized spacial score (nSPS) is 9.88. The molecule has 86 valence electrons. The van der Waals surface area contributed by atoms with Crippen molar-refractivity contribution in [2.45, 2.75) is 6.61 Å². The molecule has 0 saturated heterocycles. The maximum Gasteiger partial charge on any atom is 0.330 e. The number of nitrogens with zero attached hydrogens (tertiary/aromatic N) is 3. The fourth-order valence-corrected chi connectivity index (χ4v) is 1.28. The summed E-state index contributed by atoms with van der Waals surface area (Å²) in [4.78, 5) is 10.9. The van der Waals surface area contributed by atoms with Crippen molar-refractivity contribution in [3.63, 3.8) is 0 Å².